The predicted molar refractivity (Wildman–Crippen MR) is 106 cm³/mol. The molecule has 0 saturated carbocycles. The number of hydrogen-bond acceptors (Lipinski definition) is 7. The average molecular weight is 403 g/mol. The summed E-state index contributed by atoms with van der Waals surface area (Å²) in [6.07, 6.45) is 2.96. The Morgan fingerprint density at radius 2 is 1.87 bits per heavy atom. The topological polar surface area (TPSA) is 145 Å². The maximum Gasteiger partial charge on any atom is 0.285 e. The van der Waals surface area contributed by atoms with Gasteiger partial charge in [0.1, 0.15) is 11.3 Å². The number of furan rings is 1. The second-order valence-electron chi connectivity index (χ2n) is 6.75. The van der Waals surface area contributed by atoms with E-state index in [1.165, 1.54) is 6.26 Å². The molecule has 0 fully saturated rings. The van der Waals surface area contributed by atoms with Crippen LogP contribution < -0.4 is 5.73 Å². The van der Waals surface area contributed by atoms with Gasteiger partial charge < -0.3 is 10.2 Å². The number of pyridine rings is 1. The highest BCUT2D eigenvalue weighted by molar-refractivity contribution is 6.36. The van der Waals surface area contributed by atoms with Gasteiger partial charge in [-0.1, -0.05) is 24.3 Å². The SMILES string of the molecule is NC(=O)C(=O)C(CC(=O)c1n[nH]nc1-c1ccccn1)Cc1coc2ccccc12. The number of carbonyl (C=O) groups is 3. The van der Waals surface area contributed by atoms with Gasteiger partial charge in [-0.2, -0.15) is 15.4 Å². The quantitative estimate of drug-likeness (QED) is 0.338. The van der Waals surface area contributed by atoms with E-state index in [1.807, 2.05) is 18.2 Å². The highest BCUT2D eigenvalue weighted by Crippen LogP contribution is 2.26. The van der Waals surface area contributed by atoms with Crippen LogP contribution in [0.3, 0.4) is 0 Å². The number of rotatable bonds is 8. The van der Waals surface area contributed by atoms with Crippen molar-refractivity contribution in [1.82, 2.24) is 20.4 Å². The molecule has 150 valence electrons. The van der Waals surface area contributed by atoms with Crippen LogP contribution >= 0.6 is 0 Å². The molecule has 3 aromatic heterocycles. The van der Waals surface area contributed by atoms with Crippen molar-refractivity contribution in [3.63, 3.8) is 0 Å². The number of nitrogens with two attached hydrogens (primary N) is 1. The second-order valence-corrected chi connectivity index (χ2v) is 6.75. The molecule has 0 aliphatic rings. The van der Waals surface area contributed by atoms with Gasteiger partial charge in [-0.25, -0.2) is 0 Å². The molecule has 0 spiro atoms. The van der Waals surface area contributed by atoms with E-state index in [2.05, 4.69) is 20.4 Å². The van der Waals surface area contributed by atoms with E-state index < -0.39 is 23.4 Å². The fourth-order valence-electron chi connectivity index (χ4n) is 3.34. The van der Waals surface area contributed by atoms with Crippen LogP contribution in [0.25, 0.3) is 22.4 Å². The fourth-order valence-corrected chi connectivity index (χ4v) is 3.34. The van der Waals surface area contributed by atoms with E-state index in [-0.39, 0.29) is 24.2 Å². The van der Waals surface area contributed by atoms with Gasteiger partial charge in [0.2, 0.25) is 5.78 Å². The van der Waals surface area contributed by atoms with E-state index in [0.717, 1.165) is 5.39 Å². The molecule has 0 aliphatic heterocycles. The van der Waals surface area contributed by atoms with E-state index in [1.54, 1.807) is 30.5 Å². The zero-order chi connectivity index (χ0) is 21.1. The maximum absolute atomic E-state index is 13.0. The number of nitrogens with one attached hydrogen (secondary N) is 1. The van der Waals surface area contributed by atoms with Gasteiger partial charge in [0.25, 0.3) is 5.91 Å². The first-order valence-corrected chi connectivity index (χ1v) is 9.18. The number of fused-ring (bicyclic) bond motifs is 1. The number of aromatic nitrogens is 4. The van der Waals surface area contributed by atoms with Crippen LogP contribution in [0, 0.1) is 5.92 Å². The number of H-pyrrole nitrogens is 1. The monoisotopic (exact) mass is 403 g/mol. The Labute approximate surface area is 170 Å². The lowest BCUT2D eigenvalue weighted by molar-refractivity contribution is -0.138. The van der Waals surface area contributed by atoms with Crippen molar-refractivity contribution in [2.24, 2.45) is 11.7 Å². The number of ketones is 2. The molecule has 1 atom stereocenters. The lowest BCUT2D eigenvalue weighted by Crippen LogP contribution is -2.32. The Balaban J connectivity index is 1.62. The van der Waals surface area contributed by atoms with Gasteiger partial charge in [0.15, 0.2) is 11.5 Å². The maximum atomic E-state index is 13.0. The number of para-hydroxylation sites is 1. The Bertz CT molecular complexity index is 1230. The lowest BCUT2D eigenvalue weighted by Gasteiger charge is -2.12. The normalized spacial score (nSPS) is 12.0. The minimum atomic E-state index is -1.09. The largest absolute Gasteiger partial charge is 0.464 e. The summed E-state index contributed by atoms with van der Waals surface area (Å²) in [4.78, 5) is 41.2. The molecule has 4 aromatic rings. The molecule has 1 amide bonds. The third-order valence-electron chi connectivity index (χ3n) is 4.79. The Morgan fingerprint density at radius 3 is 2.63 bits per heavy atom. The van der Waals surface area contributed by atoms with Gasteiger partial charge >= 0.3 is 0 Å². The number of nitrogens with zero attached hydrogens (tertiary/aromatic N) is 3. The number of carbonyl (C=O) groups excluding carboxylic acids is 3. The van der Waals surface area contributed by atoms with E-state index >= 15 is 0 Å². The molecule has 3 heterocycles. The van der Waals surface area contributed by atoms with Crippen molar-refractivity contribution in [2.75, 3.05) is 0 Å². The molecule has 0 saturated heterocycles. The van der Waals surface area contributed by atoms with Crippen LogP contribution in [0.1, 0.15) is 22.5 Å². The first-order chi connectivity index (χ1) is 14.5. The van der Waals surface area contributed by atoms with E-state index in [0.29, 0.717) is 16.8 Å². The van der Waals surface area contributed by atoms with Gasteiger partial charge in [-0.05, 0) is 30.2 Å². The molecule has 4 rings (SSSR count). The zero-order valence-electron chi connectivity index (χ0n) is 15.7. The van der Waals surface area contributed by atoms with Crippen LogP contribution in [0.4, 0.5) is 0 Å². The summed E-state index contributed by atoms with van der Waals surface area (Å²) in [7, 11) is 0. The highest BCUT2D eigenvalue weighted by Gasteiger charge is 2.30. The van der Waals surface area contributed by atoms with Crippen molar-refractivity contribution in [1.29, 1.82) is 0 Å². The van der Waals surface area contributed by atoms with Crippen molar-refractivity contribution < 1.29 is 18.8 Å². The van der Waals surface area contributed by atoms with Gasteiger partial charge in [0.05, 0.1) is 12.0 Å². The molecule has 0 bridgehead atoms. The molecular weight excluding hydrogens is 386 g/mol. The molecule has 1 aromatic carbocycles. The summed E-state index contributed by atoms with van der Waals surface area (Å²) in [5.74, 6) is -3.32. The summed E-state index contributed by atoms with van der Waals surface area (Å²) in [6, 6.07) is 12.5. The summed E-state index contributed by atoms with van der Waals surface area (Å²) >= 11 is 0. The summed E-state index contributed by atoms with van der Waals surface area (Å²) < 4.78 is 5.50. The summed E-state index contributed by atoms with van der Waals surface area (Å²) in [5, 5.41) is 11.2. The molecule has 9 heteroatoms. The Hall–Kier alpha value is -4.14. The van der Waals surface area contributed by atoms with Crippen LogP contribution in [-0.2, 0) is 16.0 Å². The average Bonchev–Trinajstić information content (AvgIpc) is 3.41. The molecule has 0 aliphatic carbocycles. The third kappa shape index (κ3) is 3.72. The summed E-state index contributed by atoms with van der Waals surface area (Å²) in [6.45, 7) is 0. The Morgan fingerprint density at radius 1 is 1.07 bits per heavy atom. The van der Waals surface area contributed by atoms with Crippen molar-refractivity contribution in [2.45, 2.75) is 12.8 Å². The van der Waals surface area contributed by atoms with E-state index in [4.69, 9.17) is 10.2 Å². The number of amides is 1. The van der Waals surface area contributed by atoms with Crippen molar-refractivity contribution in [3.8, 4) is 11.4 Å². The minimum Gasteiger partial charge on any atom is -0.464 e. The third-order valence-corrected chi connectivity index (χ3v) is 4.79. The lowest BCUT2D eigenvalue weighted by atomic mass is 9.89. The number of primary amides is 1. The number of hydrogen-bond donors (Lipinski definition) is 2. The number of Topliss-reactive ketones (excluding diaryl/α,β-unsaturated/α-hetero) is 2. The van der Waals surface area contributed by atoms with E-state index in [9.17, 15) is 14.4 Å². The molecule has 0 radical (unpaired) electrons. The van der Waals surface area contributed by atoms with Crippen molar-refractivity contribution in [3.05, 3.63) is 66.2 Å². The zero-order valence-corrected chi connectivity index (χ0v) is 15.7. The minimum absolute atomic E-state index is 0.0491. The standard InChI is InChI=1S/C21H17N5O4/c22-21(29)20(28)12(9-13-11-30-17-7-2-1-5-14(13)17)10-16(27)19-18(24-26-25-19)15-6-3-4-8-23-15/h1-8,11-12H,9-10H2,(H2,22,29)(H,24,25,26). The second kappa shape index (κ2) is 8.08. The van der Waals surface area contributed by atoms with Gasteiger partial charge in [0, 0.05) is 23.9 Å². The van der Waals surface area contributed by atoms with Gasteiger partial charge in [-0.15, -0.1) is 0 Å². The van der Waals surface area contributed by atoms with Crippen LogP contribution in [0.5, 0.6) is 0 Å². The smallest absolute Gasteiger partial charge is 0.285 e. The predicted octanol–water partition coefficient (Wildman–Crippen LogP) is 2.10. The molecular formula is C21H17N5O4. The first-order valence-electron chi connectivity index (χ1n) is 9.18. The molecule has 30 heavy (non-hydrogen) atoms. The van der Waals surface area contributed by atoms with Crippen LogP contribution in [0.15, 0.2) is 59.3 Å². The number of benzene rings is 1. The summed E-state index contributed by atoms with van der Waals surface area (Å²) in [5.41, 5.74) is 7.38. The Kier molecular flexibility index (Phi) is 5.17. The highest BCUT2D eigenvalue weighted by atomic mass is 16.3. The molecule has 9 nitrogen and oxygen atoms in total. The molecule has 3 N–H and O–H groups in total. The van der Waals surface area contributed by atoms with Gasteiger partial charge in [-0.3, -0.25) is 19.4 Å². The first kappa shape index (κ1) is 19.2. The molecule has 1 unspecified atom stereocenters. The van der Waals surface area contributed by atoms with Crippen LogP contribution in [0.2, 0.25) is 0 Å². The van der Waals surface area contributed by atoms with Crippen molar-refractivity contribution >= 4 is 28.4 Å². The van der Waals surface area contributed by atoms with Crippen LogP contribution in [-0.4, -0.2) is 37.9 Å². The fraction of sp³-hybridized carbons (Fsp3) is 0.143. The number of aromatic amines is 1.